The number of halogens is 2. The topological polar surface area (TPSA) is 56.7 Å². The van der Waals surface area contributed by atoms with Gasteiger partial charge < -0.3 is 14.2 Å². The second-order valence-electron chi connectivity index (χ2n) is 5.70. The third kappa shape index (κ3) is 6.29. The summed E-state index contributed by atoms with van der Waals surface area (Å²) in [5.74, 6) is 2.09. The molecule has 2 aromatic rings. The quantitative estimate of drug-likeness (QED) is 0.741. The Bertz CT molecular complexity index is 665. The van der Waals surface area contributed by atoms with E-state index in [4.69, 9.17) is 14.2 Å². The molecule has 144 valence electrons. The van der Waals surface area contributed by atoms with Crippen molar-refractivity contribution < 1.29 is 14.2 Å². The smallest absolute Gasteiger partial charge is 0.217 e. The molecule has 0 aliphatic carbocycles. The Labute approximate surface area is 166 Å². The van der Waals surface area contributed by atoms with Gasteiger partial charge in [-0.15, -0.1) is 24.8 Å². The zero-order chi connectivity index (χ0) is 16.8. The molecule has 0 unspecified atom stereocenters. The number of benzene rings is 1. The lowest BCUT2D eigenvalue weighted by Gasteiger charge is -2.26. The van der Waals surface area contributed by atoms with Crippen LogP contribution in [0.4, 0.5) is 0 Å². The number of hydrogen-bond donors (Lipinski definition) is 0. The molecule has 0 spiro atoms. The first-order chi connectivity index (χ1) is 11.7. The van der Waals surface area contributed by atoms with Crippen LogP contribution in [-0.4, -0.2) is 61.4 Å². The number of aromatic nitrogens is 2. The first-order valence-electron chi connectivity index (χ1n) is 8.17. The molecule has 1 aromatic heterocycles. The summed E-state index contributed by atoms with van der Waals surface area (Å²) in [6, 6.07) is 9.57. The number of ether oxygens (including phenoxy) is 3. The highest BCUT2D eigenvalue weighted by atomic mass is 35.5. The number of rotatable bonds is 6. The minimum Gasteiger partial charge on any atom is -0.497 e. The number of morpholine rings is 1. The van der Waals surface area contributed by atoms with Gasteiger partial charge in [0.2, 0.25) is 5.88 Å². The standard InChI is InChI=1S/C18H23N3O3.2ClH/c1-14-13-17(24-12-9-21-7-10-23-11-8-21)20-18(19-14)15-3-5-16(22-2)6-4-15;;/h3-6,13H,7-12H2,1-2H3;2*1H. The normalized spacial score (nSPS) is 14.1. The van der Waals surface area contributed by atoms with Gasteiger partial charge in [0.05, 0.1) is 20.3 Å². The molecule has 1 fully saturated rings. The highest BCUT2D eigenvalue weighted by Gasteiger charge is 2.11. The average molecular weight is 402 g/mol. The average Bonchev–Trinajstić information content (AvgIpc) is 2.62. The van der Waals surface area contributed by atoms with E-state index in [-0.39, 0.29) is 24.8 Å². The monoisotopic (exact) mass is 401 g/mol. The summed E-state index contributed by atoms with van der Waals surface area (Å²) >= 11 is 0. The Morgan fingerprint density at radius 2 is 1.77 bits per heavy atom. The summed E-state index contributed by atoms with van der Waals surface area (Å²) in [6.07, 6.45) is 0. The molecule has 1 aliphatic rings. The molecular weight excluding hydrogens is 377 g/mol. The molecule has 0 bridgehead atoms. The zero-order valence-corrected chi connectivity index (χ0v) is 16.6. The zero-order valence-electron chi connectivity index (χ0n) is 15.0. The van der Waals surface area contributed by atoms with Gasteiger partial charge in [0.1, 0.15) is 12.4 Å². The fourth-order valence-electron chi connectivity index (χ4n) is 2.59. The van der Waals surface area contributed by atoms with Crippen molar-refractivity contribution in [2.45, 2.75) is 6.92 Å². The van der Waals surface area contributed by atoms with Crippen LogP contribution in [0.25, 0.3) is 11.4 Å². The lowest BCUT2D eigenvalue weighted by Crippen LogP contribution is -2.38. The van der Waals surface area contributed by atoms with Gasteiger partial charge >= 0.3 is 0 Å². The summed E-state index contributed by atoms with van der Waals surface area (Å²) in [4.78, 5) is 11.4. The molecule has 26 heavy (non-hydrogen) atoms. The van der Waals surface area contributed by atoms with E-state index < -0.39 is 0 Å². The van der Waals surface area contributed by atoms with Crippen molar-refractivity contribution in [2.75, 3.05) is 46.6 Å². The maximum Gasteiger partial charge on any atom is 0.217 e. The highest BCUT2D eigenvalue weighted by molar-refractivity contribution is 5.85. The first kappa shape index (κ1) is 22.4. The van der Waals surface area contributed by atoms with Crippen molar-refractivity contribution in [3.8, 4) is 23.0 Å². The number of methoxy groups -OCH3 is 1. The van der Waals surface area contributed by atoms with Gasteiger partial charge in [-0.1, -0.05) is 0 Å². The van der Waals surface area contributed by atoms with Gasteiger partial charge in [0.15, 0.2) is 5.82 Å². The molecule has 0 N–H and O–H groups in total. The van der Waals surface area contributed by atoms with Crippen LogP contribution in [0.15, 0.2) is 30.3 Å². The Morgan fingerprint density at radius 3 is 2.42 bits per heavy atom. The Morgan fingerprint density at radius 1 is 1.08 bits per heavy atom. The molecule has 6 nitrogen and oxygen atoms in total. The van der Waals surface area contributed by atoms with E-state index in [2.05, 4.69) is 14.9 Å². The van der Waals surface area contributed by atoms with E-state index in [1.165, 1.54) is 0 Å². The molecule has 8 heteroatoms. The van der Waals surface area contributed by atoms with Crippen LogP contribution in [0.3, 0.4) is 0 Å². The van der Waals surface area contributed by atoms with Crippen molar-refractivity contribution in [3.05, 3.63) is 36.0 Å². The van der Waals surface area contributed by atoms with Crippen molar-refractivity contribution >= 4 is 24.8 Å². The number of aryl methyl sites for hydroxylation is 1. The summed E-state index contributed by atoms with van der Waals surface area (Å²) in [5, 5.41) is 0. The largest absolute Gasteiger partial charge is 0.497 e. The molecule has 0 radical (unpaired) electrons. The van der Waals surface area contributed by atoms with Crippen molar-refractivity contribution in [3.63, 3.8) is 0 Å². The molecular formula is C18H25Cl2N3O3. The van der Waals surface area contributed by atoms with E-state index in [0.29, 0.717) is 18.3 Å². The summed E-state index contributed by atoms with van der Waals surface area (Å²) in [5.41, 5.74) is 1.83. The van der Waals surface area contributed by atoms with Crippen LogP contribution in [0.2, 0.25) is 0 Å². The Balaban J connectivity index is 0.00000169. The molecule has 0 saturated carbocycles. The van der Waals surface area contributed by atoms with Crippen molar-refractivity contribution in [2.24, 2.45) is 0 Å². The molecule has 1 aliphatic heterocycles. The van der Waals surface area contributed by atoms with Gasteiger partial charge in [-0.25, -0.2) is 4.98 Å². The number of nitrogens with zero attached hydrogens (tertiary/aromatic N) is 3. The van der Waals surface area contributed by atoms with Crippen LogP contribution >= 0.6 is 24.8 Å². The van der Waals surface area contributed by atoms with Crippen LogP contribution in [0.5, 0.6) is 11.6 Å². The maximum atomic E-state index is 5.84. The van der Waals surface area contributed by atoms with E-state index in [0.717, 1.165) is 49.9 Å². The maximum absolute atomic E-state index is 5.84. The van der Waals surface area contributed by atoms with Gasteiger partial charge in [0.25, 0.3) is 0 Å². The Hall–Kier alpha value is -1.60. The van der Waals surface area contributed by atoms with E-state index in [1.807, 2.05) is 37.3 Å². The molecule has 0 amide bonds. The first-order valence-corrected chi connectivity index (χ1v) is 8.17. The van der Waals surface area contributed by atoms with Crippen LogP contribution in [-0.2, 0) is 4.74 Å². The van der Waals surface area contributed by atoms with Gasteiger partial charge in [0, 0.05) is 37.0 Å². The Kier molecular flexibility index (Phi) is 9.65. The van der Waals surface area contributed by atoms with Gasteiger partial charge in [-0.2, -0.15) is 4.98 Å². The van der Waals surface area contributed by atoms with Crippen molar-refractivity contribution in [1.29, 1.82) is 0 Å². The fraction of sp³-hybridized carbons (Fsp3) is 0.444. The van der Waals surface area contributed by atoms with E-state index >= 15 is 0 Å². The fourth-order valence-corrected chi connectivity index (χ4v) is 2.59. The molecule has 1 aromatic carbocycles. The molecule has 1 saturated heterocycles. The van der Waals surface area contributed by atoms with Crippen LogP contribution < -0.4 is 9.47 Å². The third-order valence-corrected chi connectivity index (χ3v) is 3.94. The molecule has 3 rings (SSSR count). The summed E-state index contributed by atoms with van der Waals surface area (Å²) in [6.45, 7) is 6.96. The van der Waals surface area contributed by atoms with Gasteiger partial charge in [-0.05, 0) is 31.2 Å². The SMILES string of the molecule is COc1ccc(-c2nc(C)cc(OCCN3CCOCC3)n2)cc1.Cl.Cl. The number of hydrogen-bond acceptors (Lipinski definition) is 6. The third-order valence-electron chi connectivity index (χ3n) is 3.94. The van der Waals surface area contributed by atoms with Crippen molar-refractivity contribution in [1.82, 2.24) is 14.9 Å². The predicted molar refractivity (Wildman–Crippen MR) is 106 cm³/mol. The van der Waals surface area contributed by atoms with Gasteiger partial charge in [-0.3, -0.25) is 4.90 Å². The lowest BCUT2D eigenvalue weighted by molar-refractivity contribution is 0.0320. The second kappa shape index (κ2) is 11.2. The predicted octanol–water partition coefficient (Wildman–Crippen LogP) is 3.02. The summed E-state index contributed by atoms with van der Waals surface area (Å²) in [7, 11) is 1.65. The lowest BCUT2D eigenvalue weighted by atomic mass is 10.2. The van der Waals surface area contributed by atoms with Crippen LogP contribution in [0, 0.1) is 6.92 Å². The van der Waals surface area contributed by atoms with E-state index in [9.17, 15) is 0 Å². The molecule has 0 atom stereocenters. The molecule has 2 heterocycles. The van der Waals surface area contributed by atoms with Crippen LogP contribution in [0.1, 0.15) is 5.69 Å². The highest BCUT2D eigenvalue weighted by Crippen LogP contribution is 2.21. The second-order valence-corrected chi connectivity index (χ2v) is 5.70. The minimum absolute atomic E-state index is 0. The summed E-state index contributed by atoms with van der Waals surface area (Å²) < 4.78 is 16.4. The minimum atomic E-state index is 0. The van der Waals surface area contributed by atoms with E-state index in [1.54, 1.807) is 7.11 Å².